The molecule has 47 heavy (non-hydrogen) atoms. The van der Waals surface area contributed by atoms with Gasteiger partial charge >= 0.3 is 12.1 Å². The molecule has 2 aliphatic heterocycles. The number of esters is 1. The number of carbonyl (C=O) groups is 1. The maximum absolute atomic E-state index is 13.2. The van der Waals surface area contributed by atoms with Crippen molar-refractivity contribution in [3.8, 4) is 0 Å². The third-order valence-electron chi connectivity index (χ3n) is 9.15. The molecule has 0 bridgehead atoms. The van der Waals surface area contributed by atoms with Crippen LogP contribution >= 0.6 is 11.8 Å². The number of pyridine rings is 2. The van der Waals surface area contributed by atoms with Crippen LogP contribution in [0.2, 0.25) is 0 Å². The molecule has 1 unspecified atom stereocenters. The summed E-state index contributed by atoms with van der Waals surface area (Å²) in [7, 11) is 0. The van der Waals surface area contributed by atoms with E-state index in [1.165, 1.54) is 25.6 Å². The molecule has 11 heteroatoms. The summed E-state index contributed by atoms with van der Waals surface area (Å²) in [5.74, 6) is -0.465. The molecule has 2 fully saturated rings. The normalized spacial score (nSPS) is 23.7. The summed E-state index contributed by atoms with van der Waals surface area (Å²) in [5.41, 5.74) is 1.94. The van der Waals surface area contributed by atoms with E-state index < -0.39 is 41.8 Å². The van der Waals surface area contributed by atoms with Crippen molar-refractivity contribution in [3.63, 3.8) is 0 Å². The van der Waals surface area contributed by atoms with Gasteiger partial charge in [0, 0.05) is 71.7 Å². The lowest BCUT2D eigenvalue weighted by Crippen LogP contribution is -2.37. The van der Waals surface area contributed by atoms with Crippen molar-refractivity contribution in [2.75, 3.05) is 19.5 Å². The average Bonchev–Trinajstić information content (AvgIpc) is 3.69. The van der Waals surface area contributed by atoms with Crippen LogP contribution in [0.1, 0.15) is 157 Å². The first-order chi connectivity index (χ1) is 21.9. The van der Waals surface area contributed by atoms with Gasteiger partial charge in [0.25, 0.3) is 0 Å². The van der Waals surface area contributed by atoms with Crippen LogP contribution < -0.4 is 0 Å². The first-order valence-corrected chi connectivity index (χ1v) is 17.9. The van der Waals surface area contributed by atoms with Crippen molar-refractivity contribution in [1.29, 1.82) is 0 Å². The number of hydrogen-bond donors (Lipinski definition) is 1. The monoisotopic (exact) mass is 680 g/mol. The first-order valence-electron chi connectivity index (χ1n) is 16.7. The minimum Gasteiger partial charge on any atom is -0.455 e. The third kappa shape index (κ3) is 8.00. The molecule has 7 nitrogen and oxygen atoms in total. The predicted molar refractivity (Wildman–Crippen MR) is 177 cm³/mol. The van der Waals surface area contributed by atoms with E-state index in [1.807, 2.05) is 25.6 Å². The Balaban J connectivity index is 0.000000495. The number of thioether (sulfide) groups is 1. The van der Waals surface area contributed by atoms with Gasteiger partial charge in [-0.05, 0) is 43.1 Å². The molecule has 1 N–H and O–H groups in total. The Hall–Kier alpha value is -2.21. The van der Waals surface area contributed by atoms with Crippen LogP contribution in [-0.2, 0) is 30.8 Å². The first kappa shape index (κ1) is 37.6. The highest BCUT2D eigenvalue weighted by atomic mass is 32.2. The Morgan fingerprint density at radius 2 is 1.70 bits per heavy atom. The smallest absolute Gasteiger partial charge is 0.433 e. The fourth-order valence-corrected chi connectivity index (χ4v) is 6.62. The Bertz CT molecular complexity index is 1400. The summed E-state index contributed by atoms with van der Waals surface area (Å²) >= 11 is 1.88. The molecule has 3 atom stereocenters. The minimum atomic E-state index is -4.55. The molecule has 2 aromatic rings. The fourth-order valence-electron chi connectivity index (χ4n) is 6.62. The second kappa shape index (κ2) is 14.3. The van der Waals surface area contributed by atoms with Gasteiger partial charge in [-0.1, -0.05) is 61.0 Å². The van der Waals surface area contributed by atoms with E-state index in [1.54, 1.807) is 0 Å². The Morgan fingerprint density at radius 1 is 1.11 bits per heavy atom. The molecule has 2 spiro atoms. The number of halogens is 3. The van der Waals surface area contributed by atoms with Crippen LogP contribution in [0.25, 0.3) is 0 Å². The van der Waals surface area contributed by atoms with E-state index in [4.69, 9.17) is 19.2 Å². The average molecular weight is 681 g/mol. The van der Waals surface area contributed by atoms with Crippen molar-refractivity contribution < 1.29 is 37.3 Å². The van der Waals surface area contributed by atoms with Crippen LogP contribution in [-0.4, -0.2) is 45.3 Å². The summed E-state index contributed by atoms with van der Waals surface area (Å²) in [4.78, 5) is 20.9. The SMILES string of the molecule is CC(=O)OC1c2nc(C(C)C)c3c(c2[C@@H](O)CC12CC2)C1(CCOCC1)O[C@@H]3c1ccc(C(F)(F)F)nc1.CCC.CSC(C)(C)C. The largest absolute Gasteiger partial charge is 0.455 e. The number of aliphatic hydroxyl groups is 1. The lowest BCUT2D eigenvalue weighted by molar-refractivity contribution is -0.153. The van der Waals surface area contributed by atoms with Crippen molar-refractivity contribution >= 4 is 17.7 Å². The summed E-state index contributed by atoms with van der Waals surface area (Å²) in [5, 5.41) is 11.6. The van der Waals surface area contributed by atoms with Crippen molar-refractivity contribution in [2.24, 2.45) is 5.41 Å². The highest BCUT2D eigenvalue weighted by Gasteiger charge is 2.60. The van der Waals surface area contributed by atoms with Gasteiger partial charge in [0.05, 0.1) is 17.4 Å². The molecule has 1 saturated carbocycles. The lowest BCUT2D eigenvalue weighted by Gasteiger charge is -2.40. The van der Waals surface area contributed by atoms with E-state index in [-0.39, 0.29) is 11.3 Å². The van der Waals surface area contributed by atoms with Crippen molar-refractivity contribution in [1.82, 2.24) is 9.97 Å². The van der Waals surface area contributed by atoms with Crippen LogP contribution in [0.15, 0.2) is 18.3 Å². The zero-order chi connectivity index (χ0) is 34.9. The van der Waals surface area contributed by atoms with E-state index in [2.05, 4.69) is 45.9 Å². The molecule has 0 radical (unpaired) electrons. The van der Waals surface area contributed by atoms with Gasteiger partial charge in [-0.25, -0.2) is 0 Å². The number of alkyl halides is 3. The minimum absolute atomic E-state index is 0.0650. The van der Waals surface area contributed by atoms with E-state index in [0.717, 1.165) is 35.7 Å². The van der Waals surface area contributed by atoms with Crippen LogP contribution in [0.5, 0.6) is 0 Å². The number of nitrogens with zero attached hydrogens (tertiary/aromatic N) is 2. The van der Waals surface area contributed by atoms with Gasteiger partial charge < -0.3 is 19.3 Å². The third-order valence-corrected chi connectivity index (χ3v) is 10.4. The molecule has 2 aromatic heterocycles. The molecule has 1 saturated heterocycles. The maximum atomic E-state index is 13.2. The second-order valence-electron chi connectivity index (χ2n) is 14.4. The predicted octanol–water partition coefficient (Wildman–Crippen LogP) is 9.13. The Labute approximate surface area is 281 Å². The number of hydrogen-bond acceptors (Lipinski definition) is 8. The zero-order valence-corrected chi connectivity index (χ0v) is 30.0. The number of carbonyl (C=O) groups excluding carboxylic acids is 1. The molecule has 4 heterocycles. The molecule has 262 valence electrons. The fraction of sp³-hybridized carbons (Fsp3) is 0.694. The number of rotatable bonds is 3. The number of aliphatic hydroxyl groups excluding tert-OH is 1. The van der Waals surface area contributed by atoms with Gasteiger partial charge in [-0.15, -0.1) is 0 Å². The van der Waals surface area contributed by atoms with Gasteiger partial charge in [0.15, 0.2) is 0 Å². The van der Waals surface area contributed by atoms with Crippen LogP contribution in [0.3, 0.4) is 0 Å². The Morgan fingerprint density at radius 3 is 2.15 bits per heavy atom. The van der Waals surface area contributed by atoms with E-state index >= 15 is 0 Å². The Kier molecular flexibility index (Phi) is 11.5. The summed E-state index contributed by atoms with van der Waals surface area (Å²) in [6.45, 7) is 17.1. The number of fused-ring (bicyclic) bond motifs is 4. The van der Waals surface area contributed by atoms with Gasteiger partial charge in [-0.2, -0.15) is 24.9 Å². The molecular weight excluding hydrogens is 629 g/mol. The standard InChI is InChI=1S/C28H31F3N2O5.C5H12S.C3H8/c1-14(2)22-20-21(19-17(35)12-26(6-7-26)25(23(19)33-22)37-15(3)34)27(8-10-36-11-9-27)38-24(20)16-4-5-18(32-13-16)28(29,30)31;1-5(2,3)6-4;1-3-2/h4-5,13-14,17,24-25,35H,6-12H2,1-3H3;1-4H3;3H2,1-2H3/t17-,24+,25?;;/m0../s1. The summed E-state index contributed by atoms with van der Waals surface area (Å²) in [6.07, 6.45) is 1.13. The van der Waals surface area contributed by atoms with E-state index in [9.17, 15) is 23.1 Å². The molecule has 2 aliphatic carbocycles. The zero-order valence-electron chi connectivity index (χ0n) is 29.2. The lowest BCUT2D eigenvalue weighted by atomic mass is 9.72. The van der Waals surface area contributed by atoms with Gasteiger partial charge in [-0.3, -0.25) is 14.8 Å². The highest BCUT2D eigenvalue weighted by molar-refractivity contribution is 7.99. The molecule has 0 amide bonds. The molecule has 4 aliphatic rings. The molecule has 0 aromatic carbocycles. The van der Waals surface area contributed by atoms with Crippen LogP contribution in [0.4, 0.5) is 13.2 Å². The topological polar surface area (TPSA) is 90.8 Å². The van der Waals surface area contributed by atoms with Crippen molar-refractivity contribution in [3.05, 3.63) is 57.7 Å². The van der Waals surface area contributed by atoms with Gasteiger partial charge in [0.2, 0.25) is 0 Å². The van der Waals surface area contributed by atoms with Gasteiger partial charge in [0.1, 0.15) is 17.9 Å². The highest BCUT2D eigenvalue weighted by Crippen LogP contribution is 2.67. The quantitative estimate of drug-likeness (QED) is 0.321. The maximum Gasteiger partial charge on any atom is 0.433 e. The summed E-state index contributed by atoms with van der Waals surface area (Å²) in [6, 6.07) is 2.38. The summed E-state index contributed by atoms with van der Waals surface area (Å²) < 4.78 is 58.5. The molecular formula is C36H51F3N2O5S. The molecule has 6 rings (SSSR count). The number of ether oxygens (including phenoxy) is 3. The second-order valence-corrected chi connectivity index (χ2v) is 16.0. The van der Waals surface area contributed by atoms with E-state index in [0.29, 0.717) is 54.0 Å². The van der Waals surface area contributed by atoms with Crippen LogP contribution in [0, 0.1) is 5.41 Å². The number of aromatic nitrogens is 2. The van der Waals surface area contributed by atoms with Crippen molar-refractivity contribution in [2.45, 2.75) is 135 Å².